The van der Waals surface area contributed by atoms with Crippen LogP contribution in [0.2, 0.25) is 0 Å². The highest BCUT2D eigenvalue weighted by atomic mass is 19.3. The lowest BCUT2D eigenvalue weighted by atomic mass is 10.0. The third kappa shape index (κ3) is 3.74. The molecule has 0 fully saturated rings. The Kier molecular flexibility index (Phi) is 5.43. The number of aryl methyl sites for hydroxylation is 1. The van der Waals surface area contributed by atoms with Crippen molar-refractivity contribution in [1.29, 1.82) is 0 Å². The van der Waals surface area contributed by atoms with Crippen LogP contribution < -0.4 is 15.6 Å². The summed E-state index contributed by atoms with van der Waals surface area (Å²) in [4.78, 5) is 21.3. The summed E-state index contributed by atoms with van der Waals surface area (Å²) >= 11 is 0. The van der Waals surface area contributed by atoms with Crippen molar-refractivity contribution in [1.82, 2.24) is 14.5 Å². The first kappa shape index (κ1) is 19.9. The monoisotopic (exact) mass is 416 g/mol. The van der Waals surface area contributed by atoms with E-state index in [0.29, 0.717) is 35.6 Å². The zero-order chi connectivity index (χ0) is 21.3. The van der Waals surface area contributed by atoms with E-state index in [-0.39, 0.29) is 18.1 Å². The number of nitrogens with zero attached hydrogens (tertiary/aromatic N) is 3. The summed E-state index contributed by atoms with van der Waals surface area (Å²) in [7, 11) is 0. The van der Waals surface area contributed by atoms with Crippen molar-refractivity contribution in [2.45, 2.75) is 32.9 Å². The molecule has 0 bridgehead atoms. The predicted octanol–water partition coefficient (Wildman–Crippen LogP) is 3.56. The first-order chi connectivity index (χ1) is 14.5. The molecule has 2 aromatic heterocycles. The lowest BCUT2D eigenvalue weighted by Crippen LogP contribution is -2.29. The maximum absolute atomic E-state index is 14.4. The van der Waals surface area contributed by atoms with Crippen molar-refractivity contribution in [3.05, 3.63) is 69.7 Å². The lowest BCUT2D eigenvalue weighted by molar-refractivity contribution is 0.125. The summed E-state index contributed by atoms with van der Waals surface area (Å²) in [5, 5.41) is 2.85. The molecule has 0 saturated carbocycles. The molecule has 0 atom stereocenters. The van der Waals surface area contributed by atoms with E-state index in [4.69, 9.17) is 4.74 Å². The van der Waals surface area contributed by atoms with Gasteiger partial charge in [-0.3, -0.25) is 14.3 Å². The summed E-state index contributed by atoms with van der Waals surface area (Å²) < 4.78 is 47.1. The zero-order valence-electron chi connectivity index (χ0n) is 16.2. The van der Waals surface area contributed by atoms with Crippen molar-refractivity contribution in [3.63, 3.8) is 0 Å². The number of ether oxygens (including phenoxy) is 1. The first-order valence-corrected chi connectivity index (χ1v) is 9.42. The van der Waals surface area contributed by atoms with Crippen LogP contribution in [0.5, 0.6) is 5.75 Å². The molecule has 0 radical (unpaired) electrons. The summed E-state index contributed by atoms with van der Waals surface area (Å²) in [6.45, 7) is 1.33. The van der Waals surface area contributed by atoms with Gasteiger partial charge >= 0.3 is 0 Å². The van der Waals surface area contributed by atoms with Crippen LogP contribution in [0.1, 0.15) is 16.8 Å². The topological polar surface area (TPSA) is 69.0 Å². The van der Waals surface area contributed by atoms with Gasteiger partial charge in [-0.15, -0.1) is 0 Å². The normalized spacial score (nSPS) is 12.7. The quantitative estimate of drug-likeness (QED) is 0.666. The molecule has 4 rings (SSSR count). The summed E-state index contributed by atoms with van der Waals surface area (Å²) in [5.74, 6) is 0.118. The molecular weight excluding hydrogens is 397 g/mol. The second kappa shape index (κ2) is 8.17. The molecule has 0 saturated heterocycles. The molecule has 1 aliphatic rings. The maximum atomic E-state index is 14.4. The fraction of sp³-hybridized carbons (Fsp3) is 0.286. The average Bonchev–Trinajstić information content (AvgIpc) is 3.19. The lowest BCUT2D eigenvalue weighted by Gasteiger charge is -2.16. The molecule has 3 aromatic rings. The third-order valence-electron chi connectivity index (χ3n) is 5.03. The van der Waals surface area contributed by atoms with Crippen molar-refractivity contribution < 1.29 is 17.9 Å². The van der Waals surface area contributed by atoms with Gasteiger partial charge < -0.3 is 10.1 Å². The fourth-order valence-electron chi connectivity index (χ4n) is 3.57. The number of halogens is 3. The van der Waals surface area contributed by atoms with E-state index in [2.05, 4.69) is 15.3 Å². The third-order valence-corrected chi connectivity index (χ3v) is 5.03. The number of benzene rings is 1. The average molecular weight is 416 g/mol. The van der Waals surface area contributed by atoms with E-state index in [1.807, 2.05) is 0 Å². The minimum absolute atomic E-state index is 0.0146. The fourth-order valence-corrected chi connectivity index (χ4v) is 3.57. The Morgan fingerprint density at radius 3 is 2.83 bits per heavy atom. The highest BCUT2D eigenvalue weighted by Gasteiger charge is 2.21. The Balaban J connectivity index is 1.71. The molecule has 9 heteroatoms. The van der Waals surface area contributed by atoms with E-state index in [0.717, 1.165) is 10.1 Å². The van der Waals surface area contributed by atoms with Gasteiger partial charge in [-0.2, -0.15) is 0 Å². The van der Waals surface area contributed by atoms with Crippen LogP contribution >= 0.6 is 0 Å². The van der Waals surface area contributed by atoms with E-state index in [1.165, 1.54) is 12.3 Å². The van der Waals surface area contributed by atoms with Crippen molar-refractivity contribution in [2.75, 3.05) is 11.9 Å². The van der Waals surface area contributed by atoms with Crippen molar-refractivity contribution in [2.24, 2.45) is 0 Å². The van der Waals surface area contributed by atoms with Crippen LogP contribution in [0.4, 0.5) is 19.1 Å². The van der Waals surface area contributed by atoms with Gasteiger partial charge in [0.2, 0.25) is 5.95 Å². The summed E-state index contributed by atoms with van der Waals surface area (Å²) in [6, 6.07) is 6.21. The van der Waals surface area contributed by atoms with E-state index < -0.39 is 24.3 Å². The summed E-state index contributed by atoms with van der Waals surface area (Å²) in [5.41, 5.74) is 1.76. The summed E-state index contributed by atoms with van der Waals surface area (Å²) in [6.07, 6.45) is 0.698. The second-order valence-electron chi connectivity index (χ2n) is 6.89. The van der Waals surface area contributed by atoms with E-state index in [1.54, 1.807) is 31.3 Å². The second-order valence-corrected chi connectivity index (χ2v) is 6.89. The number of nitrogens with one attached hydrogen (secondary N) is 1. The minimum Gasteiger partial charge on any atom is -0.493 e. The highest BCUT2D eigenvalue weighted by Crippen LogP contribution is 2.30. The zero-order valence-corrected chi connectivity index (χ0v) is 16.2. The molecule has 3 heterocycles. The number of fused-ring (bicyclic) bond motifs is 1. The Morgan fingerprint density at radius 1 is 1.23 bits per heavy atom. The molecule has 30 heavy (non-hydrogen) atoms. The molecule has 6 nitrogen and oxygen atoms in total. The van der Waals surface area contributed by atoms with E-state index in [9.17, 15) is 18.0 Å². The van der Waals surface area contributed by atoms with Gasteiger partial charge in [0, 0.05) is 47.7 Å². The number of hydrogen-bond acceptors (Lipinski definition) is 5. The Hall–Kier alpha value is -3.36. The van der Waals surface area contributed by atoms with Gasteiger partial charge in [0.05, 0.1) is 18.7 Å². The standard InChI is InChI=1S/C21H19F3N4O2/c1-12-13(3-2-7-25-12)16-10-27-21(28(20(16)29)11-19(23)24)26-9-15-14-6-8-30-18(14)5-4-17(15)22/h2-5,7,10,19H,6,8-9,11H2,1H3,(H,26,27). The number of hydrogen-bond donors (Lipinski definition) is 1. The van der Waals surface area contributed by atoms with Crippen LogP contribution in [-0.4, -0.2) is 27.6 Å². The van der Waals surface area contributed by atoms with Crippen LogP contribution in [0, 0.1) is 12.7 Å². The van der Waals surface area contributed by atoms with Gasteiger partial charge in [-0.05, 0) is 25.1 Å². The smallest absolute Gasteiger partial charge is 0.263 e. The first-order valence-electron chi connectivity index (χ1n) is 9.42. The largest absolute Gasteiger partial charge is 0.493 e. The molecule has 1 N–H and O–H groups in total. The molecule has 0 amide bonds. The molecular formula is C21H19F3N4O2. The SMILES string of the molecule is Cc1ncccc1-c1cnc(NCc2c(F)ccc3c2CCO3)n(CC(F)F)c1=O. The Labute approximate surface area is 170 Å². The molecule has 156 valence electrons. The molecule has 0 unspecified atom stereocenters. The molecule has 1 aromatic carbocycles. The van der Waals surface area contributed by atoms with Crippen LogP contribution in [0.15, 0.2) is 41.5 Å². The number of aromatic nitrogens is 3. The van der Waals surface area contributed by atoms with Crippen LogP contribution in [0.3, 0.4) is 0 Å². The number of anilines is 1. The van der Waals surface area contributed by atoms with Gasteiger partial charge in [-0.25, -0.2) is 18.2 Å². The van der Waals surface area contributed by atoms with Crippen molar-refractivity contribution >= 4 is 5.95 Å². The highest BCUT2D eigenvalue weighted by molar-refractivity contribution is 5.64. The maximum Gasteiger partial charge on any atom is 0.263 e. The molecule has 0 aliphatic carbocycles. The minimum atomic E-state index is -2.76. The van der Waals surface area contributed by atoms with Crippen LogP contribution in [-0.2, 0) is 19.5 Å². The van der Waals surface area contributed by atoms with Crippen LogP contribution in [0.25, 0.3) is 11.1 Å². The van der Waals surface area contributed by atoms with Gasteiger partial charge in [0.1, 0.15) is 11.6 Å². The number of rotatable bonds is 6. The van der Waals surface area contributed by atoms with E-state index >= 15 is 0 Å². The molecule has 0 spiro atoms. The number of alkyl halides is 2. The van der Waals surface area contributed by atoms with Gasteiger partial charge in [-0.1, -0.05) is 6.07 Å². The Bertz CT molecular complexity index is 1150. The van der Waals surface area contributed by atoms with Gasteiger partial charge in [0.25, 0.3) is 12.0 Å². The predicted molar refractivity (Wildman–Crippen MR) is 105 cm³/mol. The molecule has 1 aliphatic heterocycles. The van der Waals surface area contributed by atoms with Crippen molar-refractivity contribution in [3.8, 4) is 16.9 Å². The Morgan fingerprint density at radius 2 is 2.07 bits per heavy atom. The number of pyridine rings is 1. The van der Waals surface area contributed by atoms with Gasteiger partial charge in [0.15, 0.2) is 0 Å².